The number of sulfonamides is 1. The number of hydrogen-bond donors (Lipinski definition) is 4. The molecule has 12 heteroatoms. The third-order valence-electron chi connectivity index (χ3n) is 6.00. The van der Waals surface area contributed by atoms with Crippen LogP contribution in [0.3, 0.4) is 0 Å². The van der Waals surface area contributed by atoms with Crippen molar-refractivity contribution in [2.75, 3.05) is 10.6 Å². The van der Waals surface area contributed by atoms with E-state index in [-0.39, 0.29) is 29.1 Å². The normalized spacial score (nSPS) is 18.1. The van der Waals surface area contributed by atoms with E-state index in [0.717, 1.165) is 31.2 Å². The van der Waals surface area contributed by atoms with Crippen LogP contribution in [-0.2, 0) is 14.8 Å². The van der Waals surface area contributed by atoms with Gasteiger partial charge in [-0.25, -0.2) is 13.6 Å². The van der Waals surface area contributed by atoms with Crippen LogP contribution in [0, 0.1) is 5.92 Å². The van der Waals surface area contributed by atoms with E-state index in [1.165, 1.54) is 24.3 Å². The molecule has 1 heterocycles. The van der Waals surface area contributed by atoms with Crippen LogP contribution in [0.4, 0.5) is 17.4 Å². The quantitative estimate of drug-likeness (QED) is 0.361. The Bertz CT molecular complexity index is 1300. The lowest BCUT2D eigenvalue weighted by molar-refractivity contribution is -0.138. The molecule has 0 radical (unpaired) electrons. The van der Waals surface area contributed by atoms with Crippen molar-refractivity contribution >= 4 is 39.3 Å². The zero-order valence-electron chi connectivity index (χ0n) is 18.7. The van der Waals surface area contributed by atoms with Crippen LogP contribution in [0.1, 0.15) is 54.3 Å². The Hall–Kier alpha value is -3.77. The number of aliphatic carboxylic acids is 1. The van der Waals surface area contributed by atoms with Crippen molar-refractivity contribution in [3.63, 3.8) is 0 Å². The van der Waals surface area contributed by atoms with Gasteiger partial charge >= 0.3 is 23.8 Å². The van der Waals surface area contributed by atoms with Gasteiger partial charge in [-0.3, -0.25) is 9.59 Å². The SMILES string of the molecule is NS(=O)(=O)c1ccc(Nc2nnc(C(=O)Nc3ccc(C4CCC(CC(=O)O)CC4)cc3)o2)cc1. The van der Waals surface area contributed by atoms with E-state index in [9.17, 15) is 18.0 Å². The van der Waals surface area contributed by atoms with Crippen molar-refractivity contribution in [1.82, 2.24) is 10.2 Å². The number of carbonyl (C=O) groups excluding carboxylic acids is 1. The van der Waals surface area contributed by atoms with E-state index in [2.05, 4.69) is 20.8 Å². The number of carboxylic acid groups (broad SMARTS) is 1. The molecule has 11 nitrogen and oxygen atoms in total. The zero-order valence-corrected chi connectivity index (χ0v) is 19.5. The van der Waals surface area contributed by atoms with Gasteiger partial charge in [0.05, 0.1) is 4.90 Å². The molecule has 0 aliphatic heterocycles. The number of rotatable bonds is 8. The summed E-state index contributed by atoms with van der Waals surface area (Å²) in [5.74, 6) is -0.922. The molecule has 4 rings (SSSR count). The maximum Gasteiger partial charge on any atom is 0.320 e. The molecule has 0 bridgehead atoms. The summed E-state index contributed by atoms with van der Waals surface area (Å²) in [5.41, 5.74) is 2.21. The molecule has 3 aromatic rings. The van der Waals surface area contributed by atoms with Gasteiger partial charge < -0.3 is 20.2 Å². The topological polar surface area (TPSA) is 178 Å². The molecule has 0 atom stereocenters. The van der Waals surface area contributed by atoms with Crippen LogP contribution < -0.4 is 15.8 Å². The number of nitrogens with zero attached hydrogens (tertiary/aromatic N) is 2. The molecule has 1 aliphatic carbocycles. The van der Waals surface area contributed by atoms with Crippen molar-refractivity contribution in [2.24, 2.45) is 11.1 Å². The fourth-order valence-electron chi connectivity index (χ4n) is 4.19. The third kappa shape index (κ3) is 6.43. The fourth-order valence-corrected chi connectivity index (χ4v) is 4.70. The number of carbonyl (C=O) groups is 2. The van der Waals surface area contributed by atoms with E-state index in [4.69, 9.17) is 14.7 Å². The highest BCUT2D eigenvalue weighted by Crippen LogP contribution is 2.37. The molecule has 184 valence electrons. The standard InChI is InChI=1S/C23H25N5O6S/c24-35(32,33)19-11-9-18(10-12-19)26-23-28-27-22(34-23)21(31)25-17-7-5-16(6-8-17)15-3-1-14(2-4-15)13-20(29)30/h5-12,14-15H,1-4,13H2,(H,25,31)(H,26,28)(H,29,30)(H2,24,32,33). The first-order chi connectivity index (χ1) is 16.7. The van der Waals surface area contributed by atoms with E-state index in [0.29, 0.717) is 17.3 Å². The largest absolute Gasteiger partial charge is 0.481 e. The molecule has 2 aromatic carbocycles. The summed E-state index contributed by atoms with van der Waals surface area (Å²) in [7, 11) is -3.80. The monoisotopic (exact) mass is 499 g/mol. The van der Waals surface area contributed by atoms with E-state index in [1.54, 1.807) is 12.1 Å². The molecule has 35 heavy (non-hydrogen) atoms. The molecule has 5 N–H and O–H groups in total. The minimum atomic E-state index is -3.80. The van der Waals surface area contributed by atoms with Gasteiger partial charge in [0, 0.05) is 17.8 Å². The second kappa shape index (κ2) is 10.2. The van der Waals surface area contributed by atoms with E-state index >= 15 is 0 Å². The first kappa shape index (κ1) is 24.4. The number of hydrogen-bond acceptors (Lipinski definition) is 8. The summed E-state index contributed by atoms with van der Waals surface area (Å²) < 4.78 is 28.0. The minimum Gasteiger partial charge on any atom is -0.481 e. The summed E-state index contributed by atoms with van der Waals surface area (Å²) in [6.07, 6.45) is 3.94. The molecule has 1 amide bonds. The number of benzene rings is 2. The summed E-state index contributed by atoms with van der Waals surface area (Å²) >= 11 is 0. The number of amides is 1. The Balaban J connectivity index is 1.31. The Morgan fingerprint density at radius 3 is 2.20 bits per heavy atom. The van der Waals surface area contributed by atoms with Crippen molar-refractivity contribution in [1.29, 1.82) is 0 Å². The number of nitrogens with one attached hydrogen (secondary N) is 2. The van der Waals surface area contributed by atoms with Gasteiger partial charge in [-0.1, -0.05) is 17.2 Å². The highest BCUT2D eigenvalue weighted by atomic mass is 32.2. The third-order valence-corrected chi connectivity index (χ3v) is 6.93. The predicted molar refractivity (Wildman–Crippen MR) is 127 cm³/mol. The Morgan fingerprint density at radius 2 is 1.60 bits per heavy atom. The Labute approximate surface area is 201 Å². The molecule has 0 unspecified atom stereocenters. The number of anilines is 3. The average Bonchev–Trinajstić information content (AvgIpc) is 3.28. The predicted octanol–water partition coefficient (Wildman–Crippen LogP) is 3.46. The molecular formula is C23H25N5O6S. The summed E-state index contributed by atoms with van der Waals surface area (Å²) in [6.45, 7) is 0. The van der Waals surface area contributed by atoms with Gasteiger partial charge in [0.1, 0.15) is 0 Å². The Kier molecular flexibility index (Phi) is 7.12. The maximum absolute atomic E-state index is 12.5. The maximum atomic E-state index is 12.5. The summed E-state index contributed by atoms with van der Waals surface area (Å²) in [4.78, 5) is 23.3. The highest BCUT2D eigenvalue weighted by Gasteiger charge is 2.24. The molecule has 0 saturated heterocycles. The van der Waals surface area contributed by atoms with Gasteiger partial charge in [0.2, 0.25) is 10.0 Å². The van der Waals surface area contributed by atoms with Gasteiger partial charge in [0.15, 0.2) is 0 Å². The second-order valence-corrected chi connectivity index (χ2v) is 10.1. The van der Waals surface area contributed by atoms with Crippen molar-refractivity contribution in [3.05, 3.63) is 60.0 Å². The van der Waals surface area contributed by atoms with Crippen LogP contribution in [0.15, 0.2) is 57.8 Å². The smallest absolute Gasteiger partial charge is 0.320 e. The van der Waals surface area contributed by atoms with Crippen LogP contribution in [0.5, 0.6) is 0 Å². The van der Waals surface area contributed by atoms with E-state index < -0.39 is 21.9 Å². The van der Waals surface area contributed by atoms with Gasteiger partial charge in [-0.05, 0) is 79.5 Å². The first-order valence-electron chi connectivity index (χ1n) is 11.0. The first-order valence-corrected chi connectivity index (χ1v) is 12.6. The summed E-state index contributed by atoms with van der Waals surface area (Å²) in [5, 5.41) is 27.0. The van der Waals surface area contributed by atoms with Crippen LogP contribution in [0.2, 0.25) is 0 Å². The summed E-state index contributed by atoms with van der Waals surface area (Å²) in [6, 6.07) is 13.1. The lowest BCUT2D eigenvalue weighted by Crippen LogP contribution is -2.16. The molecule has 0 spiro atoms. The lowest BCUT2D eigenvalue weighted by atomic mass is 9.77. The molecule has 1 saturated carbocycles. The number of carboxylic acids is 1. The van der Waals surface area contributed by atoms with Crippen LogP contribution in [-0.4, -0.2) is 35.6 Å². The van der Waals surface area contributed by atoms with Gasteiger partial charge in [-0.2, -0.15) is 0 Å². The second-order valence-electron chi connectivity index (χ2n) is 8.50. The Morgan fingerprint density at radius 1 is 0.971 bits per heavy atom. The molecule has 1 aliphatic rings. The lowest BCUT2D eigenvalue weighted by Gasteiger charge is -2.28. The number of primary sulfonamides is 1. The zero-order chi connectivity index (χ0) is 25.0. The van der Waals surface area contributed by atoms with E-state index in [1.807, 2.05) is 12.1 Å². The molecule has 1 fully saturated rings. The average molecular weight is 500 g/mol. The van der Waals surface area contributed by atoms with Crippen molar-refractivity contribution in [2.45, 2.75) is 42.9 Å². The van der Waals surface area contributed by atoms with Crippen molar-refractivity contribution < 1.29 is 27.5 Å². The highest BCUT2D eigenvalue weighted by molar-refractivity contribution is 7.89. The molecular weight excluding hydrogens is 474 g/mol. The van der Waals surface area contributed by atoms with Gasteiger partial charge in [-0.15, -0.1) is 5.10 Å². The van der Waals surface area contributed by atoms with Gasteiger partial charge in [0.25, 0.3) is 0 Å². The number of nitrogens with two attached hydrogens (primary N) is 1. The van der Waals surface area contributed by atoms with Crippen LogP contribution >= 0.6 is 0 Å². The van der Waals surface area contributed by atoms with Crippen molar-refractivity contribution in [3.8, 4) is 0 Å². The fraction of sp³-hybridized carbons (Fsp3) is 0.304. The van der Waals surface area contributed by atoms with Crippen LogP contribution in [0.25, 0.3) is 0 Å². The molecule has 1 aromatic heterocycles. The minimum absolute atomic E-state index is 0.0349. The number of aromatic nitrogens is 2.